The molecule has 0 saturated carbocycles. The lowest BCUT2D eigenvalue weighted by molar-refractivity contribution is -0.484. The summed E-state index contributed by atoms with van der Waals surface area (Å²) < 4.78 is 0. The molecule has 0 aliphatic carbocycles. The van der Waals surface area contributed by atoms with Gasteiger partial charge in [0.05, 0.1) is 5.92 Å². The van der Waals surface area contributed by atoms with Crippen molar-refractivity contribution in [2.45, 2.75) is 19.3 Å². The lowest BCUT2D eigenvalue weighted by Gasteiger charge is -2.20. The van der Waals surface area contributed by atoms with Crippen LogP contribution in [0.2, 0.25) is 0 Å². The van der Waals surface area contributed by atoms with Gasteiger partial charge in [-0.3, -0.25) is 19.7 Å². The Morgan fingerprint density at radius 1 is 1.21 bits per heavy atom. The van der Waals surface area contributed by atoms with Crippen LogP contribution in [-0.4, -0.2) is 23.2 Å². The molecule has 0 spiro atoms. The minimum atomic E-state index is -0.738. The molecule has 0 saturated heterocycles. The zero-order valence-electron chi connectivity index (χ0n) is 13.2. The lowest BCUT2D eigenvalue weighted by Crippen LogP contribution is -2.34. The number of para-hydroxylation sites is 1. The van der Waals surface area contributed by atoms with Crippen molar-refractivity contribution in [3.63, 3.8) is 0 Å². The number of ketones is 1. The van der Waals surface area contributed by atoms with Crippen LogP contribution in [-0.2, 0) is 9.59 Å². The van der Waals surface area contributed by atoms with Crippen molar-refractivity contribution in [1.29, 1.82) is 0 Å². The van der Waals surface area contributed by atoms with Crippen molar-refractivity contribution < 1.29 is 14.5 Å². The third-order valence-electron chi connectivity index (χ3n) is 3.77. The number of Topliss-reactive ketones (excluding diaryl/α,β-unsaturated/α-hetero) is 1. The monoisotopic (exact) mass is 346 g/mol. The molecule has 1 aromatic heterocycles. The van der Waals surface area contributed by atoms with E-state index < -0.39 is 28.4 Å². The highest BCUT2D eigenvalue weighted by molar-refractivity contribution is 7.10. The maximum absolute atomic E-state index is 12.6. The summed E-state index contributed by atoms with van der Waals surface area (Å²) >= 11 is 1.36. The Morgan fingerprint density at radius 3 is 2.46 bits per heavy atom. The van der Waals surface area contributed by atoms with Gasteiger partial charge in [0.2, 0.25) is 12.3 Å². The molecule has 1 amide bonds. The lowest BCUT2D eigenvalue weighted by atomic mass is 9.85. The molecule has 1 heterocycles. The first-order valence-electron chi connectivity index (χ1n) is 7.58. The molecule has 0 aliphatic rings. The van der Waals surface area contributed by atoms with Crippen LogP contribution in [0, 0.1) is 16.0 Å². The average molecular weight is 346 g/mol. The van der Waals surface area contributed by atoms with Crippen molar-refractivity contribution >= 4 is 28.7 Å². The Hall–Kier alpha value is -2.54. The first kappa shape index (κ1) is 17.8. The van der Waals surface area contributed by atoms with Crippen LogP contribution in [0.3, 0.4) is 0 Å². The highest BCUT2D eigenvalue weighted by atomic mass is 32.1. The number of nitrogens with zero attached hydrogens (tertiary/aromatic N) is 1. The molecule has 0 radical (unpaired) electrons. The molecule has 2 rings (SSSR count). The first-order valence-corrected chi connectivity index (χ1v) is 8.46. The highest BCUT2D eigenvalue weighted by Gasteiger charge is 2.35. The van der Waals surface area contributed by atoms with E-state index in [1.54, 1.807) is 49.4 Å². The zero-order chi connectivity index (χ0) is 17.5. The SMILES string of the molecule is CC[C@@H](C(=O)C(=O)Nc1ccccc1)[C@H](C[N+](=O)[O-])c1cccs1. The molecule has 0 bridgehead atoms. The molecule has 126 valence electrons. The third-order valence-corrected chi connectivity index (χ3v) is 4.78. The van der Waals surface area contributed by atoms with Crippen LogP contribution in [0.5, 0.6) is 0 Å². The fourth-order valence-corrected chi connectivity index (χ4v) is 3.50. The van der Waals surface area contributed by atoms with E-state index >= 15 is 0 Å². The first-order chi connectivity index (χ1) is 11.5. The number of hydrogen-bond acceptors (Lipinski definition) is 5. The van der Waals surface area contributed by atoms with Gasteiger partial charge in [0.25, 0.3) is 5.91 Å². The van der Waals surface area contributed by atoms with Gasteiger partial charge in [0.1, 0.15) is 0 Å². The van der Waals surface area contributed by atoms with Crippen LogP contribution in [0.25, 0.3) is 0 Å². The maximum Gasteiger partial charge on any atom is 0.292 e. The van der Waals surface area contributed by atoms with Gasteiger partial charge in [-0.15, -0.1) is 11.3 Å². The van der Waals surface area contributed by atoms with E-state index in [1.165, 1.54) is 11.3 Å². The number of carbonyl (C=O) groups is 2. The Labute approximate surface area is 143 Å². The Bertz CT molecular complexity index is 701. The van der Waals surface area contributed by atoms with E-state index in [0.29, 0.717) is 12.1 Å². The number of nitrogens with one attached hydrogen (secondary N) is 1. The fourth-order valence-electron chi connectivity index (χ4n) is 2.61. The van der Waals surface area contributed by atoms with Crippen molar-refractivity contribution in [2.75, 3.05) is 11.9 Å². The van der Waals surface area contributed by atoms with Gasteiger partial charge in [-0.25, -0.2) is 0 Å². The van der Waals surface area contributed by atoms with E-state index in [2.05, 4.69) is 5.32 Å². The molecule has 0 aliphatic heterocycles. The van der Waals surface area contributed by atoms with Gasteiger partial charge >= 0.3 is 0 Å². The van der Waals surface area contributed by atoms with Crippen LogP contribution in [0.1, 0.15) is 24.1 Å². The Kier molecular flexibility index (Phi) is 6.20. The number of anilines is 1. The molecule has 2 atom stereocenters. The van der Waals surface area contributed by atoms with Gasteiger partial charge in [-0.1, -0.05) is 31.2 Å². The molecular weight excluding hydrogens is 328 g/mol. The minimum absolute atomic E-state index is 0.359. The van der Waals surface area contributed by atoms with Gasteiger partial charge in [0, 0.05) is 21.4 Å². The Morgan fingerprint density at radius 2 is 1.92 bits per heavy atom. The number of amides is 1. The van der Waals surface area contributed by atoms with E-state index in [-0.39, 0.29) is 6.54 Å². The summed E-state index contributed by atoms with van der Waals surface area (Å²) in [5.41, 5.74) is 0.521. The molecule has 1 N–H and O–H groups in total. The molecule has 1 aromatic carbocycles. The fraction of sp³-hybridized carbons (Fsp3) is 0.294. The summed E-state index contributed by atoms with van der Waals surface area (Å²) in [5.74, 6) is -2.68. The third kappa shape index (κ3) is 4.48. The normalized spacial score (nSPS) is 13.0. The molecule has 0 fully saturated rings. The maximum atomic E-state index is 12.6. The summed E-state index contributed by atoms with van der Waals surface area (Å²) in [7, 11) is 0. The number of carbonyl (C=O) groups excluding carboxylic acids is 2. The number of rotatable bonds is 8. The molecule has 2 aromatic rings. The average Bonchev–Trinajstić information content (AvgIpc) is 3.09. The summed E-state index contributed by atoms with van der Waals surface area (Å²) in [6.45, 7) is 1.39. The largest absolute Gasteiger partial charge is 0.319 e. The summed E-state index contributed by atoms with van der Waals surface area (Å²) in [4.78, 5) is 36.1. The van der Waals surface area contributed by atoms with Crippen molar-refractivity contribution in [3.05, 3.63) is 62.8 Å². The van der Waals surface area contributed by atoms with Crippen molar-refractivity contribution in [3.8, 4) is 0 Å². The van der Waals surface area contributed by atoms with Crippen LogP contribution >= 0.6 is 11.3 Å². The highest BCUT2D eigenvalue weighted by Crippen LogP contribution is 2.31. The molecule has 24 heavy (non-hydrogen) atoms. The molecule has 6 nitrogen and oxygen atoms in total. The smallest absolute Gasteiger partial charge is 0.292 e. The van der Waals surface area contributed by atoms with E-state index in [9.17, 15) is 19.7 Å². The summed E-state index contributed by atoms with van der Waals surface area (Å²) in [6.07, 6.45) is 0.359. The van der Waals surface area contributed by atoms with E-state index in [0.717, 1.165) is 4.88 Å². The quantitative estimate of drug-likeness (QED) is 0.451. The van der Waals surface area contributed by atoms with Gasteiger partial charge in [0.15, 0.2) is 0 Å². The minimum Gasteiger partial charge on any atom is -0.319 e. The number of hydrogen-bond donors (Lipinski definition) is 1. The van der Waals surface area contributed by atoms with E-state index in [4.69, 9.17) is 0 Å². The van der Waals surface area contributed by atoms with Crippen LogP contribution in [0.15, 0.2) is 47.8 Å². The van der Waals surface area contributed by atoms with Gasteiger partial charge in [-0.05, 0) is 30.0 Å². The summed E-state index contributed by atoms with van der Waals surface area (Å²) in [5, 5.41) is 15.4. The van der Waals surface area contributed by atoms with Gasteiger partial charge in [-0.2, -0.15) is 0 Å². The second-order valence-corrected chi connectivity index (χ2v) is 6.32. The van der Waals surface area contributed by atoms with Crippen LogP contribution in [0.4, 0.5) is 5.69 Å². The standard InChI is InChI=1S/C17H18N2O4S/c1-2-13(14(11-19(22)23)15-9-6-10-24-15)16(20)17(21)18-12-7-4-3-5-8-12/h3-10,13-14H,2,11H2,1H3,(H,18,21)/t13-,14+/m1/s1. The van der Waals surface area contributed by atoms with Crippen LogP contribution < -0.4 is 5.32 Å². The van der Waals surface area contributed by atoms with Crippen molar-refractivity contribution in [2.24, 2.45) is 5.92 Å². The topological polar surface area (TPSA) is 89.3 Å². The second-order valence-electron chi connectivity index (χ2n) is 5.34. The predicted octanol–water partition coefficient (Wildman–Crippen LogP) is 3.34. The Balaban J connectivity index is 2.19. The molecule has 7 heteroatoms. The predicted molar refractivity (Wildman–Crippen MR) is 92.8 cm³/mol. The zero-order valence-corrected chi connectivity index (χ0v) is 14.0. The summed E-state index contributed by atoms with van der Waals surface area (Å²) in [6, 6.07) is 12.2. The number of thiophene rings is 1. The molecule has 0 unspecified atom stereocenters. The van der Waals surface area contributed by atoms with E-state index in [1.807, 2.05) is 5.38 Å². The van der Waals surface area contributed by atoms with Crippen molar-refractivity contribution in [1.82, 2.24) is 0 Å². The molecular formula is C17H18N2O4S. The number of benzene rings is 1. The number of nitro groups is 1. The second kappa shape index (κ2) is 8.35. The van der Waals surface area contributed by atoms with Gasteiger partial charge < -0.3 is 5.32 Å².